The number of amides is 3. The molecule has 3 N–H and O–H groups in total. The molecule has 1 aromatic heterocycles. The van der Waals surface area contributed by atoms with Crippen LogP contribution in [0.15, 0.2) is 33.9 Å². The molecule has 2 aromatic rings. The summed E-state index contributed by atoms with van der Waals surface area (Å²) in [5.74, 6) is -1.75. The summed E-state index contributed by atoms with van der Waals surface area (Å²) in [5.41, 5.74) is -1.11. The van der Waals surface area contributed by atoms with Gasteiger partial charge < -0.3 is 10.1 Å². The number of carbonyl (C=O) groups is 3. The highest BCUT2D eigenvalue weighted by Crippen LogP contribution is 2.02. The summed E-state index contributed by atoms with van der Waals surface area (Å²) in [7, 11) is 1.32. The number of nitrogens with zero attached hydrogens (tertiary/aromatic N) is 1. The van der Waals surface area contributed by atoms with E-state index in [4.69, 9.17) is 4.74 Å². The molecular weight excluding hydrogens is 332 g/mol. The van der Waals surface area contributed by atoms with Crippen LogP contribution in [0.25, 0.3) is 10.8 Å². The fraction of sp³-hybridized carbons (Fsp3) is 0.267. The van der Waals surface area contributed by atoms with E-state index in [1.807, 2.05) is 5.32 Å². The fourth-order valence-electron chi connectivity index (χ4n) is 2.05. The fourth-order valence-corrected chi connectivity index (χ4v) is 2.05. The number of hydrogen-bond acceptors (Lipinski definition) is 6. The summed E-state index contributed by atoms with van der Waals surface area (Å²) < 4.78 is 5.66. The second-order valence-corrected chi connectivity index (χ2v) is 5.08. The van der Waals surface area contributed by atoms with E-state index < -0.39 is 41.7 Å². The number of ether oxygens (including phenoxy) is 1. The van der Waals surface area contributed by atoms with Gasteiger partial charge in [0.25, 0.3) is 17.0 Å². The van der Waals surface area contributed by atoms with Crippen LogP contribution in [0.5, 0.6) is 0 Å². The molecule has 0 saturated heterocycles. The van der Waals surface area contributed by atoms with Gasteiger partial charge >= 0.3 is 12.0 Å². The third-order valence-electron chi connectivity index (χ3n) is 3.31. The molecule has 0 fully saturated rings. The molecule has 0 aliphatic carbocycles. The van der Waals surface area contributed by atoms with Crippen molar-refractivity contribution in [2.45, 2.75) is 19.6 Å². The first-order chi connectivity index (χ1) is 11.8. The summed E-state index contributed by atoms with van der Waals surface area (Å²) in [6, 6.07) is 5.42. The van der Waals surface area contributed by atoms with Gasteiger partial charge in [-0.25, -0.2) is 9.48 Å². The van der Waals surface area contributed by atoms with Crippen molar-refractivity contribution in [1.29, 1.82) is 0 Å². The predicted octanol–water partition coefficient (Wildman–Crippen LogP) is -0.923. The van der Waals surface area contributed by atoms with Gasteiger partial charge in [0.05, 0.1) is 10.8 Å². The molecule has 1 heterocycles. The lowest BCUT2D eigenvalue weighted by Gasteiger charge is -2.13. The van der Waals surface area contributed by atoms with Gasteiger partial charge in [-0.1, -0.05) is 12.1 Å². The quantitative estimate of drug-likeness (QED) is 0.611. The second kappa shape index (κ2) is 7.43. The second-order valence-electron chi connectivity index (χ2n) is 5.08. The first kappa shape index (κ1) is 17.9. The van der Waals surface area contributed by atoms with Crippen LogP contribution in [0.1, 0.15) is 6.92 Å². The smallest absolute Gasteiger partial charge is 0.328 e. The number of fused-ring (bicyclic) bond motifs is 1. The molecule has 3 amide bonds. The van der Waals surface area contributed by atoms with E-state index in [0.29, 0.717) is 0 Å². The zero-order chi connectivity index (χ0) is 18.6. The zero-order valence-electron chi connectivity index (χ0n) is 13.5. The molecule has 1 aromatic carbocycles. The van der Waals surface area contributed by atoms with E-state index >= 15 is 0 Å². The Bertz CT molecular complexity index is 945. The lowest BCUT2D eigenvalue weighted by atomic mass is 10.2. The standard InChI is InChI=1S/C15H16N4O6/c1-8(12(21)17-15(24)16-2)25-11(20)7-19-14(23)10-6-4-3-5-9(10)13(22)18-19/h3-6,8H,7H2,1-2H3,(H,18,22)(H2,16,17,21,24)/t8-/m1/s1. The number of carbonyl (C=O) groups excluding carboxylic acids is 3. The molecule has 132 valence electrons. The number of aromatic nitrogens is 2. The Balaban J connectivity index is 2.13. The molecule has 10 nitrogen and oxygen atoms in total. The van der Waals surface area contributed by atoms with Gasteiger partial charge in [-0.2, -0.15) is 0 Å². The first-order valence-corrected chi connectivity index (χ1v) is 7.27. The van der Waals surface area contributed by atoms with E-state index in [0.717, 1.165) is 4.68 Å². The van der Waals surface area contributed by atoms with Gasteiger partial charge in [-0.05, 0) is 19.1 Å². The number of H-pyrrole nitrogens is 1. The number of esters is 1. The monoisotopic (exact) mass is 348 g/mol. The van der Waals surface area contributed by atoms with Gasteiger partial charge in [-0.3, -0.25) is 29.6 Å². The minimum atomic E-state index is -1.26. The van der Waals surface area contributed by atoms with Crippen molar-refractivity contribution in [3.05, 3.63) is 45.0 Å². The van der Waals surface area contributed by atoms with Crippen LogP contribution in [0.3, 0.4) is 0 Å². The number of rotatable bonds is 4. The van der Waals surface area contributed by atoms with Crippen molar-refractivity contribution in [1.82, 2.24) is 20.4 Å². The summed E-state index contributed by atoms with van der Waals surface area (Å²) in [6.45, 7) is 0.679. The average molecular weight is 348 g/mol. The Labute approximate surface area is 140 Å². The Hall–Kier alpha value is -3.43. The average Bonchev–Trinajstić information content (AvgIpc) is 2.59. The lowest BCUT2D eigenvalue weighted by Crippen LogP contribution is -2.44. The number of hydrogen-bond donors (Lipinski definition) is 3. The van der Waals surface area contributed by atoms with Crippen molar-refractivity contribution >= 4 is 28.7 Å². The van der Waals surface area contributed by atoms with Gasteiger partial charge in [-0.15, -0.1) is 0 Å². The van der Waals surface area contributed by atoms with E-state index in [1.165, 1.54) is 26.1 Å². The van der Waals surface area contributed by atoms with Gasteiger partial charge in [0.1, 0.15) is 6.54 Å². The minimum absolute atomic E-state index is 0.157. The molecule has 0 spiro atoms. The van der Waals surface area contributed by atoms with Crippen molar-refractivity contribution in [3.8, 4) is 0 Å². The predicted molar refractivity (Wildman–Crippen MR) is 87.0 cm³/mol. The van der Waals surface area contributed by atoms with Crippen LogP contribution in [0, 0.1) is 0 Å². The molecule has 10 heteroatoms. The molecule has 0 aliphatic rings. The highest BCUT2D eigenvalue weighted by Gasteiger charge is 2.20. The third kappa shape index (κ3) is 4.10. The van der Waals surface area contributed by atoms with Crippen LogP contribution >= 0.6 is 0 Å². The first-order valence-electron chi connectivity index (χ1n) is 7.27. The van der Waals surface area contributed by atoms with Crippen molar-refractivity contribution in [2.24, 2.45) is 0 Å². The molecule has 2 rings (SSSR count). The SMILES string of the molecule is CNC(=O)NC(=O)[C@@H](C)OC(=O)Cn1[nH]c(=O)c2ccccc2c1=O. The topological polar surface area (TPSA) is 139 Å². The molecule has 0 aliphatic heterocycles. The van der Waals surface area contributed by atoms with Gasteiger partial charge in [0.15, 0.2) is 6.10 Å². The normalized spacial score (nSPS) is 11.6. The van der Waals surface area contributed by atoms with E-state index in [1.54, 1.807) is 12.1 Å². The minimum Gasteiger partial charge on any atom is -0.451 e. The van der Waals surface area contributed by atoms with Crippen LogP contribution in [-0.4, -0.2) is 40.8 Å². The van der Waals surface area contributed by atoms with E-state index in [9.17, 15) is 24.0 Å². The number of nitrogens with one attached hydrogen (secondary N) is 3. The molecular formula is C15H16N4O6. The molecule has 0 bridgehead atoms. The van der Waals surface area contributed by atoms with E-state index in [-0.39, 0.29) is 10.8 Å². The zero-order valence-corrected chi connectivity index (χ0v) is 13.5. The summed E-state index contributed by atoms with van der Waals surface area (Å²) in [4.78, 5) is 58.8. The molecule has 25 heavy (non-hydrogen) atoms. The maximum atomic E-state index is 12.3. The number of aromatic amines is 1. The number of benzene rings is 1. The Morgan fingerprint density at radius 2 is 1.84 bits per heavy atom. The molecule has 0 radical (unpaired) electrons. The Morgan fingerprint density at radius 3 is 2.48 bits per heavy atom. The van der Waals surface area contributed by atoms with Crippen LogP contribution < -0.4 is 21.8 Å². The maximum Gasteiger partial charge on any atom is 0.328 e. The number of urea groups is 1. The van der Waals surface area contributed by atoms with Gasteiger partial charge in [0.2, 0.25) is 0 Å². The van der Waals surface area contributed by atoms with E-state index in [2.05, 4.69) is 10.4 Å². The molecule has 0 unspecified atom stereocenters. The lowest BCUT2D eigenvalue weighted by molar-refractivity contribution is -0.155. The van der Waals surface area contributed by atoms with Crippen molar-refractivity contribution in [2.75, 3.05) is 7.05 Å². The third-order valence-corrected chi connectivity index (χ3v) is 3.31. The number of imide groups is 1. The summed E-state index contributed by atoms with van der Waals surface area (Å²) in [6.07, 6.45) is -1.26. The highest BCUT2D eigenvalue weighted by atomic mass is 16.5. The van der Waals surface area contributed by atoms with Crippen LogP contribution in [0.2, 0.25) is 0 Å². The highest BCUT2D eigenvalue weighted by molar-refractivity contribution is 5.97. The van der Waals surface area contributed by atoms with Gasteiger partial charge in [0, 0.05) is 7.05 Å². The largest absolute Gasteiger partial charge is 0.451 e. The van der Waals surface area contributed by atoms with Crippen molar-refractivity contribution in [3.63, 3.8) is 0 Å². The molecule has 1 atom stereocenters. The maximum absolute atomic E-state index is 12.3. The van der Waals surface area contributed by atoms with Crippen molar-refractivity contribution < 1.29 is 19.1 Å². The summed E-state index contributed by atoms with van der Waals surface area (Å²) >= 11 is 0. The Kier molecular flexibility index (Phi) is 5.32. The van der Waals surface area contributed by atoms with Crippen LogP contribution in [-0.2, 0) is 20.9 Å². The molecule has 0 saturated carbocycles. The summed E-state index contributed by atoms with van der Waals surface area (Å²) in [5, 5.41) is 6.77. The van der Waals surface area contributed by atoms with Crippen LogP contribution in [0.4, 0.5) is 4.79 Å². The Morgan fingerprint density at radius 1 is 1.20 bits per heavy atom.